The Bertz CT molecular complexity index is 516. The van der Waals surface area contributed by atoms with Gasteiger partial charge in [0.1, 0.15) is 11.4 Å². The van der Waals surface area contributed by atoms with Crippen molar-refractivity contribution in [3.63, 3.8) is 0 Å². The van der Waals surface area contributed by atoms with Crippen molar-refractivity contribution in [2.75, 3.05) is 0 Å². The maximum atomic E-state index is 10.8. The molecule has 84 valence electrons. The molecule has 2 aromatic rings. The number of aromatic nitrogens is 2. The molecule has 0 amide bonds. The molecule has 0 atom stereocenters. The lowest BCUT2D eigenvalue weighted by molar-refractivity contribution is -0.386. The molecule has 0 bridgehead atoms. The Morgan fingerprint density at radius 1 is 1.56 bits per heavy atom. The minimum absolute atomic E-state index is 0.122. The molecule has 0 spiro atoms. The minimum Gasteiger partial charge on any atom is -0.258 e. The maximum absolute atomic E-state index is 10.8. The van der Waals surface area contributed by atoms with E-state index < -0.39 is 0 Å². The fraction of sp³-hybridized carbons (Fsp3) is 0.300. The van der Waals surface area contributed by atoms with Gasteiger partial charge < -0.3 is 0 Å². The summed E-state index contributed by atoms with van der Waals surface area (Å²) >= 11 is 1.62. The van der Waals surface area contributed by atoms with Gasteiger partial charge in [0.25, 0.3) is 0 Å². The molecule has 0 aromatic carbocycles. The summed E-state index contributed by atoms with van der Waals surface area (Å²) in [6.45, 7) is 3.99. The van der Waals surface area contributed by atoms with Crippen LogP contribution in [-0.4, -0.2) is 14.7 Å². The van der Waals surface area contributed by atoms with E-state index in [0.29, 0.717) is 17.9 Å². The summed E-state index contributed by atoms with van der Waals surface area (Å²) < 4.78 is 1.68. The Morgan fingerprint density at radius 3 is 2.81 bits per heavy atom. The maximum Gasteiger partial charge on any atom is 0.312 e. The van der Waals surface area contributed by atoms with Crippen LogP contribution in [0.5, 0.6) is 0 Å². The van der Waals surface area contributed by atoms with E-state index in [1.165, 1.54) is 0 Å². The minimum atomic E-state index is -0.372. The van der Waals surface area contributed by atoms with Gasteiger partial charge in [-0.05, 0) is 25.3 Å². The Labute approximate surface area is 96.5 Å². The van der Waals surface area contributed by atoms with Gasteiger partial charge in [-0.2, -0.15) is 5.10 Å². The monoisotopic (exact) mass is 237 g/mol. The van der Waals surface area contributed by atoms with E-state index in [4.69, 9.17) is 0 Å². The highest BCUT2D eigenvalue weighted by atomic mass is 32.1. The largest absolute Gasteiger partial charge is 0.312 e. The van der Waals surface area contributed by atoms with Crippen LogP contribution in [0.25, 0.3) is 0 Å². The highest BCUT2D eigenvalue weighted by molar-refractivity contribution is 7.09. The molecule has 0 fully saturated rings. The molecule has 0 aliphatic carbocycles. The number of nitrogens with zero attached hydrogens (tertiary/aromatic N) is 3. The second-order valence-corrected chi connectivity index (χ2v) is 4.55. The highest BCUT2D eigenvalue weighted by Crippen LogP contribution is 2.23. The zero-order chi connectivity index (χ0) is 11.7. The number of hydrogen-bond donors (Lipinski definition) is 0. The molecule has 2 aromatic heterocycles. The van der Waals surface area contributed by atoms with Gasteiger partial charge in [-0.15, -0.1) is 11.3 Å². The van der Waals surface area contributed by atoms with Gasteiger partial charge >= 0.3 is 5.69 Å². The first-order valence-electron chi connectivity index (χ1n) is 4.80. The molecule has 0 saturated carbocycles. The molecule has 6 heteroatoms. The Balaban J connectivity index is 2.36. The molecule has 16 heavy (non-hydrogen) atoms. The average Bonchev–Trinajstić information content (AvgIpc) is 2.76. The molecule has 0 unspecified atom stereocenters. The van der Waals surface area contributed by atoms with Crippen LogP contribution in [0, 0.1) is 24.0 Å². The second kappa shape index (κ2) is 4.05. The second-order valence-electron chi connectivity index (χ2n) is 3.51. The smallest absolute Gasteiger partial charge is 0.258 e. The van der Waals surface area contributed by atoms with Crippen molar-refractivity contribution < 1.29 is 4.92 Å². The van der Waals surface area contributed by atoms with Crippen molar-refractivity contribution in [2.24, 2.45) is 0 Å². The summed E-state index contributed by atoms with van der Waals surface area (Å²) in [5.41, 5.74) is 1.20. The van der Waals surface area contributed by atoms with E-state index >= 15 is 0 Å². The predicted octanol–water partition coefficient (Wildman–Crippen LogP) is 2.52. The van der Waals surface area contributed by atoms with E-state index in [1.54, 1.807) is 29.9 Å². The number of rotatable bonds is 3. The van der Waals surface area contributed by atoms with Crippen LogP contribution in [0.3, 0.4) is 0 Å². The summed E-state index contributed by atoms with van der Waals surface area (Å²) in [6, 6.07) is 3.95. The third-order valence-electron chi connectivity index (χ3n) is 2.41. The quantitative estimate of drug-likeness (QED) is 0.608. The Hall–Kier alpha value is -1.69. The van der Waals surface area contributed by atoms with Gasteiger partial charge in [-0.25, -0.2) is 0 Å². The van der Waals surface area contributed by atoms with Crippen LogP contribution in [0.2, 0.25) is 0 Å². The third-order valence-corrected chi connectivity index (χ3v) is 3.27. The highest BCUT2D eigenvalue weighted by Gasteiger charge is 2.21. The van der Waals surface area contributed by atoms with Crippen LogP contribution in [0.1, 0.15) is 16.3 Å². The van der Waals surface area contributed by atoms with E-state index in [9.17, 15) is 10.1 Å². The molecular formula is C10H11N3O2S. The standard InChI is InChI=1S/C10H11N3O2S/c1-7-10(13(14)15)8(2)12(11-7)6-9-4-3-5-16-9/h3-5H,6H2,1-2H3. The van der Waals surface area contributed by atoms with E-state index in [0.717, 1.165) is 4.88 Å². The fourth-order valence-electron chi connectivity index (χ4n) is 1.66. The third kappa shape index (κ3) is 1.83. The lowest BCUT2D eigenvalue weighted by Gasteiger charge is -2.00. The molecule has 0 aliphatic rings. The summed E-state index contributed by atoms with van der Waals surface area (Å²) in [6.07, 6.45) is 0. The number of hydrogen-bond acceptors (Lipinski definition) is 4. The zero-order valence-corrected chi connectivity index (χ0v) is 9.82. The summed E-state index contributed by atoms with van der Waals surface area (Å²) in [7, 11) is 0. The molecule has 2 heterocycles. The molecule has 0 aliphatic heterocycles. The molecule has 5 nitrogen and oxygen atoms in total. The Morgan fingerprint density at radius 2 is 2.31 bits per heavy atom. The molecule has 0 N–H and O–H groups in total. The van der Waals surface area contributed by atoms with Gasteiger partial charge in [0.15, 0.2) is 0 Å². The first-order valence-corrected chi connectivity index (χ1v) is 5.68. The Kier molecular flexibility index (Phi) is 2.74. The molecular weight excluding hydrogens is 226 g/mol. The van der Waals surface area contributed by atoms with Gasteiger partial charge in [-0.3, -0.25) is 14.8 Å². The first-order chi connectivity index (χ1) is 7.59. The SMILES string of the molecule is Cc1nn(Cc2cccs2)c(C)c1[N+](=O)[O-]. The normalized spacial score (nSPS) is 10.6. The van der Waals surface area contributed by atoms with Crippen LogP contribution >= 0.6 is 11.3 Å². The topological polar surface area (TPSA) is 61.0 Å². The first kappa shape index (κ1) is 10.8. The zero-order valence-electron chi connectivity index (χ0n) is 9.01. The van der Waals surface area contributed by atoms with Crippen molar-refractivity contribution in [1.82, 2.24) is 9.78 Å². The van der Waals surface area contributed by atoms with Crippen LogP contribution < -0.4 is 0 Å². The van der Waals surface area contributed by atoms with Gasteiger partial charge in [0, 0.05) is 4.88 Å². The lowest BCUT2D eigenvalue weighted by atomic mass is 10.3. The molecule has 2 rings (SSSR count). The van der Waals surface area contributed by atoms with Crippen molar-refractivity contribution in [3.05, 3.63) is 43.9 Å². The molecule has 0 radical (unpaired) electrons. The number of aryl methyl sites for hydroxylation is 1. The van der Waals surface area contributed by atoms with Crippen molar-refractivity contribution in [1.29, 1.82) is 0 Å². The van der Waals surface area contributed by atoms with E-state index in [2.05, 4.69) is 5.10 Å². The fourth-order valence-corrected chi connectivity index (χ4v) is 2.34. The predicted molar refractivity (Wildman–Crippen MR) is 61.8 cm³/mol. The van der Waals surface area contributed by atoms with Crippen molar-refractivity contribution in [3.8, 4) is 0 Å². The van der Waals surface area contributed by atoms with Crippen LogP contribution in [-0.2, 0) is 6.54 Å². The van der Waals surface area contributed by atoms with Gasteiger partial charge in [0.2, 0.25) is 0 Å². The van der Waals surface area contributed by atoms with Crippen molar-refractivity contribution >= 4 is 17.0 Å². The van der Waals surface area contributed by atoms with Gasteiger partial charge in [0.05, 0.1) is 11.5 Å². The van der Waals surface area contributed by atoms with Gasteiger partial charge in [-0.1, -0.05) is 6.07 Å². The van der Waals surface area contributed by atoms with Crippen molar-refractivity contribution in [2.45, 2.75) is 20.4 Å². The van der Waals surface area contributed by atoms with E-state index in [-0.39, 0.29) is 10.6 Å². The average molecular weight is 237 g/mol. The summed E-state index contributed by atoms with van der Waals surface area (Å²) in [4.78, 5) is 11.6. The summed E-state index contributed by atoms with van der Waals surface area (Å²) in [5.74, 6) is 0. The van der Waals surface area contributed by atoms with Crippen LogP contribution in [0.15, 0.2) is 17.5 Å². The number of nitro groups is 1. The van der Waals surface area contributed by atoms with E-state index in [1.807, 2.05) is 17.5 Å². The van der Waals surface area contributed by atoms with Crippen LogP contribution in [0.4, 0.5) is 5.69 Å². The summed E-state index contributed by atoms with van der Waals surface area (Å²) in [5, 5.41) is 17.0. The number of thiophene rings is 1. The lowest BCUT2D eigenvalue weighted by Crippen LogP contribution is -2.02. The molecule has 0 saturated heterocycles.